The third-order valence-electron chi connectivity index (χ3n) is 4.06. The predicted molar refractivity (Wildman–Crippen MR) is 113 cm³/mol. The molecule has 0 fully saturated rings. The molecule has 0 saturated heterocycles. The molecule has 1 aliphatic heterocycles. The molecule has 0 radical (unpaired) electrons. The minimum absolute atomic E-state index is 0.0934. The van der Waals surface area contributed by atoms with Crippen molar-refractivity contribution in [2.45, 2.75) is 13.3 Å². The largest absolute Gasteiger partial charge is 0.494 e. The Bertz CT molecular complexity index is 911. The van der Waals surface area contributed by atoms with Gasteiger partial charge in [-0.15, -0.1) is 11.8 Å². The summed E-state index contributed by atoms with van der Waals surface area (Å²) in [6, 6.07) is 13.7. The van der Waals surface area contributed by atoms with Crippen molar-refractivity contribution >= 4 is 46.4 Å². The van der Waals surface area contributed by atoms with Gasteiger partial charge in [-0.05, 0) is 42.3 Å². The van der Waals surface area contributed by atoms with E-state index >= 15 is 0 Å². The van der Waals surface area contributed by atoms with E-state index in [9.17, 15) is 14.7 Å². The number of aliphatic hydroxyl groups excluding tert-OH is 1. The third-order valence-corrected chi connectivity index (χ3v) is 5.35. The van der Waals surface area contributed by atoms with Gasteiger partial charge in [0.1, 0.15) is 5.75 Å². The summed E-state index contributed by atoms with van der Waals surface area (Å²) in [4.78, 5) is 27.6. The van der Waals surface area contributed by atoms with Crippen LogP contribution >= 0.6 is 23.4 Å². The van der Waals surface area contributed by atoms with Gasteiger partial charge in [0, 0.05) is 10.8 Å². The first-order chi connectivity index (χ1) is 13.6. The van der Waals surface area contributed by atoms with Gasteiger partial charge in [-0.3, -0.25) is 9.59 Å². The van der Waals surface area contributed by atoms with Gasteiger partial charge < -0.3 is 9.84 Å². The maximum atomic E-state index is 13.2. The molecular weight excluding hydrogens is 398 g/mol. The standard InChI is InChI=1S/C21H20ClNO4S/c1-2-11-27-17-8-6-14(7-9-17)18-19(28-12-10-24)21(26)23(20(18)25)16-5-3-4-15(22)13-16/h3-9,13,24H,2,10-12H2,1H3. The molecule has 0 aromatic heterocycles. The van der Waals surface area contributed by atoms with Gasteiger partial charge in [-0.25, -0.2) is 4.90 Å². The molecule has 1 heterocycles. The molecule has 0 spiro atoms. The summed E-state index contributed by atoms with van der Waals surface area (Å²) < 4.78 is 5.58. The van der Waals surface area contributed by atoms with Crippen LogP contribution in [0, 0.1) is 0 Å². The van der Waals surface area contributed by atoms with E-state index in [4.69, 9.17) is 16.3 Å². The monoisotopic (exact) mass is 417 g/mol. The average Bonchev–Trinajstić information content (AvgIpc) is 2.94. The maximum Gasteiger partial charge on any atom is 0.272 e. The first-order valence-electron chi connectivity index (χ1n) is 8.92. The van der Waals surface area contributed by atoms with Crippen molar-refractivity contribution in [1.29, 1.82) is 0 Å². The van der Waals surface area contributed by atoms with E-state index in [1.165, 1.54) is 11.8 Å². The van der Waals surface area contributed by atoms with Crippen molar-refractivity contribution in [3.05, 3.63) is 64.0 Å². The van der Waals surface area contributed by atoms with Gasteiger partial charge in [0.15, 0.2) is 0 Å². The summed E-state index contributed by atoms with van der Waals surface area (Å²) in [7, 11) is 0. The summed E-state index contributed by atoms with van der Waals surface area (Å²) in [5, 5.41) is 9.62. The van der Waals surface area contributed by atoms with Crippen molar-refractivity contribution in [3.63, 3.8) is 0 Å². The number of aliphatic hydroxyl groups is 1. The lowest BCUT2D eigenvalue weighted by Crippen LogP contribution is -2.31. The Kier molecular flexibility index (Phi) is 6.78. The fourth-order valence-corrected chi connectivity index (χ4v) is 3.88. The van der Waals surface area contributed by atoms with Crippen molar-refractivity contribution < 1.29 is 19.4 Å². The van der Waals surface area contributed by atoms with Crippen molar-refractivity contribution in [2.75, 3.05) is 23.9 Å². The molecule has 2 amide bonds. The van der Waals surface area contributed by atoms with Crippen LogP contribution in [0.5, 0.6) is 5.75 Å². The second-order valence-electron chi connectivity index (χ2n) is 6.07. The number of amides is 2. The molecule has 28 heavy (non-hydrogen) atoms. The maximum absolute atomic E-state index is 13.2. The lowest BCUT2D eigenvalue weighted by Gasteiger charge is -2.15. The predicted octanol–water partition coefficient (Wildman–Crippen LogP) is 4.14. The zero-order chi connectivity index (χ0) is 20.1. The highest BCUT2D eigenvalue weighted by atomic mass is 35.5. The Hall–Kier alpha value is -2.28. The quantitative estimate of drug-likeness (QED) is 0.654. The van der Waals surface area contributed by atoms with Gasteiger partial charge in [-0.2, -0.15) is 0 Å². The summed E-state index contributed by atoms with van der Waals surface area (Å²) in [6.45, 7) is 2.54. The van der Waals surface area contributed by atoms with Crippen LogP contribution < -0.4 is 9.64 Å². The number of ether oxygens (including phenoxy) is 1. The number of carbonyl (C=O) groups is 2. The van der Waals surface area contributed by atoms with Gasteiger partial charge in [-0.1, -0.05) is 36.7 Å². The Morgan fingerprint density at radius 3 is 2.50 bits per heavy atom. The number of rotatable bonds is 8. The number of hydrogen-bond donors (Lipinski definition) is 1. The fraction of sp³-hybridized carbons (Fsp3) is 0.238. The molecule has 0 unspecified atom stereocenters. The van der Waals surface area contributed by atoms with E-state index in [-0.39, 0.29) is 6.61 Å². The number of hydrogen-bond acceptors (Lipinski definition) is 5. The number of carbonyl (C=O) groups excluding carboxylic acids is 2. The van der Waals surface area contributed by atoms with Crippen LogP contribution in [0.15, 0.2) is 53.4 Å². The minimum atomic E-state index is -0.410. The first kappa shape index (κ1) is 20.5. The zero-order valence-electron chi connectivity index (χ0n) is 15.4. The summed E-state index contributed by atoms with van der Waals surface area (Å²) in [5.41, 5.74) is 1.38. The van der Waals surface area contributed by atoms with E-state index in [1.54, 1.807) is 48.5 Å². The molecule has 0 atom stereocenters. The highest BCUT2D eigenvalue weighted by molar-refractivity contribution is 8.04. The smallest absolute Gasteiger partial charge is 0.272 e. The van der Waals surface area contributed by atoms with E-state index in [2.05, 4.69) is 0 Å². The van der Waals surface area contributed by atoms with Crippen LogP contribution in [0.4, 0.5) is 5.69 Å². The van der Waals surface area contributed by atoms with Crippen molar-refractivity contribution in [1.82, 2.24) is 0 Å². The molecule has 7 heteroatoms. The number of anilines is 1. The topological polar surface area (TPSA) is 66.8 Å². The summed E-state index contributed by atoms with van der Waals surface area (Å²) in [6.07, 6.45) is 0.899. The van der Waals surface area contributed by atoms with Crippen molar-refractivity contribution in [3.8, 4) is 5.75 Å². The van der Waals surface area contributed by atoms with Gasteiger partial charge in [0.2, 0.25) is 0 Å². The number of benzene rings is 2. The highest BCUT2D eigenvalue weighted by Crippen LogP contribution is 2.39. The van der Waals surface area contributed by atoms with Crippen LogP contribution in [-0.2, 0) is 9.59 Å². The summed E-state index contributed by atoms with van der Waals surface area (Å²) in [5.74, 6) is 0.208. The molecule has 0 bridgehead atoms. The molecule has 3 rings (SSSR count). The molecule has 1 aliphatic rings. The second-order valence-corrected chi connectivity index (χ2v) is 7.62. The molecule has 146 valence electrons. The SMILES string of the molecule is CCCOc1ccc(C2=C(SCCO)C(=O)N(c3cccc(Cl)c3)C2=O)cc1. The molecule has 5 nitrogen and oxygen atoms in total. The number of nitrogens with zero attached hydrogens (tertiary/aromatic N) is 1. The van der Waals surface area contributed by atoms with E-state index in [0.29, 0.717) is 44.9 Å². The second kappa shape index (κ2) is 9.28. The number of thioether (sulfide) groups is 1. The Morgan fingerprint density at radius 1 is 1.11 bits per heavy atom. The molecule has 2 aromatic rings. The lowest BCUT2D eigenvalue weighted by atomic mass is 10.1. The van der Waals surface area contributed by atoms with E-state index < -0.39 is 11.8 Å². The van der Waals surface area contributed by atoms with Gasteiger partial charge >= 0.3 is 0 Å². The third kappa shape index (κ3) is 4.24. The van der Waals surface area contributed by atoms with Gasteiger partial charge in [0.25, 0.3) is 11.8 Å². The van der Waals surface area contributed by atoms with Crippen molar-refractivity contribution in [2.24, 2.45) is 0 Å². The number of halogens is 1. The molecule has 2 aromatic carbocycles. The van der Waals surface area contributed by atoms with E-state index in [1.807, 2.05) is 6.92 Å². The van der Waals surface area contributed by atoms with Crippen LogP contribution in [0.25, 0.3) is 5.57 Å². The molecule has 0 aliphatic carbocycles. The Labute approximate surface area is 172 Å². The average molecular weight is 418 g/mol. The highest BCUT2D eigenvalue weighted by Gasteiger charge is 2.40. The lowest BCUT2D eigenvalue weighted by molar-refractivity contribution is -0.119. The van der Waals surface area contributed by atoms with Gasteiger partial charge in [0.05, 0.1) is 29.4 Å². The number of imide groups is 1. The van der Waals surface area contributed by atoms with Crippen LogP contribution in [0.2, 0.25) is 5.02 Å². The normalized spacial score (nSPS) is 14.2. The summed E-state index contributed by atoms with van der Waals surface area (Å²) >= 11 is 7.21. The Morgan fingerprint density at radius 2 is 1.86 bits per heavy atom. The van der Waals surface area contributed by atoms with E-state index in [0.717, 1.165) is 11.3 Å². The van der Waals surface area contributed by atoms with Crippen LogP contribution in [-0.4, -0.2) is 35.9 Å². The molecule has 0 saturated carbocycles. The Balaban J connectivity index is 1.98. The first-order valence-corrected chi connectivity index (χ1v) is 10.3. The molecular formula is C21H20ClNO4S. The molecule has 1 N–H and O–H groups in total. The fourth-order valence-electron chi connectivity index (χ4n) is 2.83. The zero-order valence-corrected chi connectivity index (χ0v) is 16.9. The minimum Gasteiger partial charge on any atom is -0.494 e. The van der Waals surface area contributed by atoms with Crippen LogP contribution in [0.1, 0.15) is 18.9 Å². The van der Waals surface area contributed by atoms with Crippen LogP contribution in [0.3, 0.4) is 0 Å².